The largest absolute Gasteiger partial charge is 0.385 e. The maximum absolute atomic E-state index is 5.45. The molecule has 0 radical (unpaired) electrons. The molecule has 1 heterocycles. The van der Waals surface area contributed by atoms with Crippen LogP contribution in [0, 0.1) is 0 Å². The lowest BCUT2D eigenvalue weighted by atomic mass is 10.3. The summed E-state index contributed by atoms with van der Waals surface area (Å²) in [6.07, 6.45) is 1.90. The van der Waals surface area contributed by atoms with Gasteiger partial charge in [-0.2, -0.15) is 0 Å². The minimum atomic E-state index is -0.0614. The highest BCUT2D eigenvalue weighted by Crippen LogP contribution is 2.14. The summed E-state index contributed by atoms with van der Waals surface area (Å²) in [4.78, 5) is 0. The second-order valence-corrected chi connectivity index (χ2v) is 2.89. The Labute approximate surface area is 73.0 Å². The predicted molar refractivity (Wildman–Crippen MR) is 44.8 cm³/mol. The molecule has 4 heteroatoms. The van der Waals surface area contributed by atoms with Crippen molar-refractivity contribution in [1.82, 2.24) is 0 Å². The summed E-state index contributed by atoms with van der Waals surface area (Å²) in [6.45, 7) is 1.94. The first-order chi connectivity index (χ1) is 5.86. The summed E-state index contributed by atoms with van der Waals surface area (Å²) in [5, 5.41) is 0. The second-order valence-electron chi connectivity index (χ2n) is 2.89. The molecule has 0 bridgehead atoms. The normalized spacial score (nSPS) is 29.5. The van der Waals surface area contributed by atoms with Crippen molar-refractivity contribution in [3.8, 4) is 0 Å². The molecule has 2 N–H and O–H groups in total. The molecular formula is C8H17NO3. The Hall–Kier alpha value is -0.160. The number of methoxy groups -OCH3 is 1. The first-order valence-corrected chi connectivity index (χ1v) is 4.33. The van der Waals surface area contributed by atoms with E-state index in [0.29, 0.717) is 13.2 Å². The number of rotatable bonds is 5. The van der Waals surface area contributed by atoms with Crippen molar-refractivity contribution < 1.29 is 14.2 Å². The van der Waals surface area contributed by atoms with Crippen LogP contribution in [0.3, 0.4) is 0 Å². The van der Waals surface area contributed by atoms with Gasteiger partial charge in [0.25, 0.3) is 0 Å². The third-order valence-corrected chi connectivity index (χ3v) is 1.86. The second kappa shape index (κ2) is 5.48. The lowest BCUT2D eigenvalue weighted by Crippen LogP contribution is -2.22. The molecule has 2 atom stereocenters. The van der Waals surface area contributed by atoms with Gasteiger partial charge in [-0.15, -0.1) is 0 Å². The molecule has 0 saturated carbocycles. The first-order valence-electron chi connectivity index (χ1n) is 4.33. The molecule has 1 aliphatic heterocycles. The van der Waals surface area contributed by atoms with Crippen LogP contribution in [0.5, 0.6) is 0 Å². The highest BCUT2D eigenvalue weighted by molar-refractivity contribution is 4.65. The van der Waals surface area contributed by atoms with Gasteiger partial charge in [-0.1, -0.05) is 0 Å². The van der Waals surface area contributed by atoms with Gasteiger partial charge in [0.05, 0.1) is 12.7 Å². The highest BCUT2D eigenvalue weighted by Gasteiger charge is 2.23. The van der Waals surface area contributed by atoms with Crippen LogP contribution >= 0.6 is 0 Å². The fourth-order valence-electron chi connectivity index (χ4n) is 1.18. The molecular weight excluding hydrogens is 158 g/mol. The molecule has 0 spiro atoms. The van der Waals surface area contributed by atoms with Crippen LogP contribution in [0.1, 0.15) is 12.8 Å². The van der Waals surface area contributed by atoms with Crippen molar-refractivity contribution >= 4 is 0 Å². The Kier molecular flexibility index (Phi) is 4.53. The lowest BCUT2D eigenvalue weighted by Gasteiger charge is -2.09. The molecule has 4 nitrogen and oxygen atoms in total. The molecule has 0 aliphatic carbocycles. The molecule has 0 aromatic carbocycles. The van der Waals surface area contributed by atoms with E-state index in [-0.39, 0.29) is 12.4 Å². The van der Waals surface area contributed by atoms with Crippen molar-refractivity contribution in [3.05, 3.63) is 0 Å². The Morgan fingerprint density at radius 3 is 3.00 bits per heavy atom. The van der Waals surface area contributed by atoms with Crippen LogP contribution in [0.4, 0.5) is 0 Å². The summed E-state index contributed by atoms with van der Waals surface area (Å²) < 4.78 is 15.7. The molecule has 2 unspecified atom stereocenters. The van der Waals surface area contributed by atoms with Crippen LogP contribution in [-0.4, -0.2) is 39.3 Å². The van der Waals surface area contributed by atoms with Gasteiger partial charge in [-0.3, -0.25) is 0 Å². The lowest BCUT2D eigenvalue weighted by molar-refractivity contribution is -0.0639. The van der Waals surface area contributed by atoms with Gasteiger partial charge in [0.15, 0.2) is 6.29 Å². The quantitative estimate of drug-likeness (QED) is 0.603. The smallest absolute Gasteiger partial charge is 0.158 e. The highest BCUT2D eigenvalue weighted by atomic mass is 16.7. The van der Waals surface area contributed by atoms with E-state index in [1.165, 1.54) is 0 Å². The topological polar surface area (TPSA) is 53.7 Å². The minimum absolute atomic E-state index is 0.0614. The van der Waals surface area contributed by atoms with Crippen molar-refractivity contribution in [3.63, 3.8) is 0 Å². The number of nitrogens with two attached hydrogens (primary N) is 1. The summed E-state index contributed by atoms with van der Waals surface area (Å²) in [5.41, 5.74) is 5.42. The summed E-state index contributed by atoms with van der Waals surface area (Å²) >= 11 is 0. The molecule has 1 fully saturated rings. The van der Waals surface area contributed by atoms with E-state index in [0.717, 1.165) is 19.4 Å². The van der Waals surface area contributed by atoms with E-state index in [9.17, 15) is 0 Å². The number of hydrogen-bond acceptors (Lipinski definition) is 4. The van der Waals surface area contributed by atoms with Crippen LogP contribution in [0.25, 0.3) is 0 Å². The van der Waals surface area contributed by atoms with Crippen molar-refractivity contribution in [2.24, 2.45) is 5.73 Å². The molecule has 1 rings (SSSR count). The van der Waals surface area contributed by atoms with Crippen LogP contribution in [0.2, 0.25) is 0 Å². The van der Waals surface area contributed by atoms with E-state index in [1.54, 1.807) is 7.11 Å². The monoisotopic (exact) mass is 175 g/mol. The molecule has 1 saturated heterocycles. The SMILES string of the molecule is COCCCC1OCC(CN)O1. The third-order valence-electron chi connectivity index (χ3n) is 1.86. The van der Waals surface area contributed by atoms with Crippen LogP contribution in [0.15, 0.2) is 0 Å². The van der Waals surface area contributed by atoms with Gasteiger partial charge >= 0.3 is 0 Å². The van der Waals surface area contributed by atoms with Gasteiger partial charge in [0.2, 0.25) is 0 Å². The van der Waals surface area contributed by atoms with E-state index < -0.39 is 0 Å². The molecule has 0 aromatic rings. The van der Waals surface area contributed by atoms with Crippen molar-refractivity contribution in [2.75, 3.05) is 26.9 Å². The zero-order valence-corrected chi connectivity index (χ0v) is 7.49. The third kappa shape index (κ3) is 3.06. The van der Waals surface area contributed by atoms with Crippen molar-refractivity contribution in [2.45, 2.75) is 25.2 Å². The average molecular weight is 175 g/mol. The maximum atomic E-state index is 5.45. The van der Waals surface area contributed by atoms with Gasteiger partial charge < -0.3 is 19.9 Å². The van der Waals surface area contributed by atoms with Crippen LogP contribution in [-0.2, 0) is 14.2 Å². The average Bonchev–Trinajstić information content (AvgIpc) is 2.53. The Morgan fingerprint density at radius 2 is 2.42 bits per heavy atom. The fourth-order valence-corrected chi connectivity index (χ4v) is 1.18. The number of ether oxygens (including phenoxy) is 3. The van der Waals surface area contributed by atoms with E-state index in [4.69, 9.17) is 19.9 Å². The Balaban J connectivity index is 2.03. The minimum Gasteiger partial charge on any atom is -0.385 e. The van der Waals surface area contributed by atoms with Gasteiger partial charge in [-0.05, 0) is 6.42 Å². The molecule has 0 aromatic heterocycles. The van der Waals surface area contributed by atoms with E-state index >= 15 is 0 Å². The summed E-state index contributed by atoms with van der Waals surface area (Å²) in [6, 6.07) is 0. The Morgan fingerprint density at radius 1 is 1.58 bits per heavy atom. The summed E-state index contributed by atoms with van der Waals surface area (Å²) in [7, 11) is 1.69. The zero-order chi connectivity index (χ0) is 8.81. The van der Waals surface area contributed by atoms with Crippen molar-refractivity contribution in [1.29, 1.82) is 0 Å². The predicted octanol–water partition coefficient (Wildman–Crippen LogP) is 0.113. The van der Waals surface area contributed by atoms with E-state index in [2.05, 4.69) is 0 Å². The van der Waals surface area contributed by atoms with E-state index in [1.807, 2.05) is 0 Å². The standard InChI is InChI=1S/C8H17NO3/c1-10-4-2-3-8-11-6-7(5-9)12-8/h7-8H,2-6,9H2,1H3. The van der Waals surface area contributed by atoms with Gasteiger partial charge in [0.1, 0.15) is 0 Å². The number of hydrogen-bond donors (Lipinski definition) is 1. The summed E-state index contributed by atoms with van der Waals surface area (Å²) in [5.74, 6) is 0. The first kappa shape index (κ1) is 9.92. The van der Waals surface area contributed by atoms with Crippen LogP contribution < -0.4 is 5.73 Å². The molecule has 1 aliphatic rings. The maximum Gasteiger partial charge on any atom is 0.158 e. The van der Waals surface area contributed by atoms with Gasteiger partial charge in [-0.25, -0.2) is 0 Å². The zero-order valence-electron chi connectivity index (χ0n) is 7.49. The van der Waals surface area contributed by atoms with Gasteiger partial charge in [0, 0.05) is 26.7 Å². The molecule has 72 valence electrons. The molecule has 12 heavy (non-hydrogen) atoms. The molecule has 0 amide bonds. The Bertz CT molecular complexity index is 121. The fraction of sp³-hybridized carbons (Fsp3) is 1.00.